The number of nitrogens with zero attached hydrogens (tertiary/aromatic N) is 1. The number of carboxylic acids is 1. The third kappa shape index (κ3) is 9.12. The summed E-state index contributed by atoms with van der Waals surface area (Å²) in [6.07, 6.45) is 5.62. The van der Waals surface area contributed by atoms with Crippen LogP contribution in [0.25, 0.3) is 0 Å². The number of esters is 1. The van der Waals surface area contributed by atoms with E-state index in [1.807, 2.05) is 0 Å². The van der Waals surface area contributed by atoms with Gasteiger partial charge in [-0.2, -0.15) is 0 Å². The van der Waals surface area contributed by atoms with Crippen LogP contribution in [0.3, 0.4) is 0 Å². The second kappa shape index (κ2) is 15.1. The number of hydrogen-bond donors (Lipinski definition) is 1. The normalized spacial score (nSPS) is 11.9. The Hall–Kier alpha value is -4.27. The maximum Gasteiger partial charge on any atom is 0.343 e. The number of benzene rings is 3. The van der Waals surface area contributed by atoms with Crippen molar-refractivity contribution in [2.24, 2.45) is 0 Å². The van der Waals surface area contributed by atoms with Gasteiger partial charge in [-0.15, -0.1) is 0 Å². The summed E-state index contributed by atoms with van der Waals surface area (Å²) in [6, 6.07) is 16.8. The highest BCUT2D eigenvalue weighted by Gasteiger charge is 2.34. The number of carbonyl (C=O) groups excluding carboxylic acids is 2. The van der Waals surface area contributed by atoms with E-state index in [0.29, 0.717) is 30.4 Å². The standard InChI is InChI=1S/C33H37F2NO6/c1-4-5-6-7-10-21-41-25-19-15-24(16-20-25)32(40)42-26-17-13-23(14-18-26)22-29(31(38)39)36(3)30(37)27-11-8-9-12-28(27)33(2,34)35/h8-9,11-20,29H,4-7,10,21-22H2,1-3H3,(H,38,39)/t29-/m0/s1. The molecule has 0 aromatic heterocycles. The Kier molecular flexibility index (Phi) is 11.6. The van der Waals surface area contributed by atoms with E-state index in [1.54, 1.807) is 36.4 Å². The molecule has 7 nitrogen and oxygen atoms in total. The first-order valence-corrected chi connectivity index (χ1v) is 14.0. The zero-order chi connectivity index (χ0) is 30.7. The second-order valence-corrected chi connectivity index (χ2v) is 10.2. The number of alkyl halides is 2. The highest BCUT2D eigenvalue weighted by Crippen LogP contribution is 2.31. The first-order valence-electron chi connectivity index (χ1n) is 14.0. The molecule has 3 aromatic carbocycles. The lowest BCUT2D eigenvalue weighted by molar-refractivity contribution is -0.141. The smallest absolute Gasteiger partial charge is 0.343 e. The number of halogens is 2. The summed E-state index contributed by atoms with van der Waals surface area (Å²) in [6.45, 7) is 3.47. The molecule has 1 amide bonds. The summed E-state index contributed by atoms with van der Waals surface area (Å²) < 4.78 is 39.3. The van der Waals surface area contributed by atoms with Crippen molar-refractivity contribution in [3.63, 3.8) is 0 Å². The van der Waals surface area contributed by atoms with E-state index < -0.39 is 35.4 Å². The van der Waals surface area contributed by atoms with Crippen molar-refractivity contribution >= 4 is 17.8 Å². The van der Waals surface area contributed by atoms with Gasteiger partial charge >= 0.3 is 11.9 Å². The van der Waals surface area contributed by atoms with Crippen molar-refractivity contribution in [3.05, 3.63) is 95.1 Å². The molecule has 0 heterocycles. The summed E-state index contributed by atoms with van der Waals surface area (Å²) in [5.74, 6) is -5.02. The number of unbranched alkanes of at least 4 members (excludes halogenated alkanes) is 4. The van der Waals surface area contributed by atoms with Crippen LogP contribution in [-0.4, -0.2) is 47.5 Å². The molecule has 42 heavy (non-hydrogen) atoms. The predicted molar refractivity (Wildman–Crippen MR) is 155 cm³/mol. The van der Waals surface area contributed by atoms with Crippen molar-refractivity contribution in [2.75, 3.05) is 13.7 Å². The number of carbonyl (C=O) groups is 3. The molecule has 0 aliphatic rings. The first-order chi connectivity index (χ1) is 20.0. The van der Waals surface area contributed by atoms with E-state index in [2.05, 4.69) is 6.92 Å². The van der Waals surface area contributed by atoms with Gasteiger partial charge in [-0.05, 0) is 54.4 Å². The Labute approximate surface area is 245 Å². The largest absolute Gasteiger partial charge is 0.494 e. The fourth-order valence-electron chi connectivity index (χ4n) is 4.44. The van der Waals surface area contributed by atoms with Crippen LogP contribution in [0.4, 0.5) is 8.78 Å². The van der Waals surface area contributed by atoms with Gasteiger partial charge in [0.2, 0.25) is 0 Å². The fraction of sp³-hybridized carbons (Fsp3) is 0.364. The Morgan fingerprint density at radius 3 is 2.12 bits per heavy atom. The molecular weight excluding hydrogens is 544 g/mol. The van der Waals surface area contributed by atoms with Crippen molar-refractivity contribution in [1.29, 1.82) is 0 Å². The number of ether oxygens (including phenoxy) is 2. The molecule has 0 aliphatic carbocycles. The average Bonchev–Trinajstić information content (AvgIpc) is 2.97. The number of likely N-dealkylation sites (N-methyl/N-ethyl adjacent to an activating group) is 1. The molecule has 9 heteroatoms. The van der Waals surface area contributed by atoms with Crippen molar-refractivity contribution in [2.45, 2.75) is 64.3 Å². The Morgan fingerprint density at radius 1 is 0.881 bits per heavy atom. The van der Waals surface area contributed by atoms with Crippen LogP contribution in [0, 0.1) is 0 Å². The quantitative estimate of drug-likeness (QED) is 0.117. The van der Waals surface area contributed by atoms with Gasteiger partial charge in [0.1, 0.15) is 17.5 Å². The summed E-state index contributed by atoms with van der Waals surface area (Å²) >= 11 is 0. The molecule has 224 valence electrons. The van der Waals surface area contributed by atoms with E-state index in [0.717, 1.165) is 23.8 Å². The lowest BCUT2D eigenvalue weighted by Crippen LogP contribution is -2.44. The molecule has 0 aliphatic heterocycles. The summed E-state index contributed by atoms with van der Waals surface area (Å²) in [5.41, 5.74) is 0.158. The summed E-state index contributed by atoms with van der Waals surface area (Å²) in [4.78, 5) is 38.6. The van der Waals surface area contributed by atoms with Crippen LogP contribution in [0.15, 0.2) is 72.8 Å². The highest BCUT2D eigenvalue weighted by molar-refractivity contribution is 5.98. The van der Waals surface area contributed by atoms with Gasteiger partial charge in [0.05, 0.1) is 12.2 Å². The van der Waals surface area contributed by atoms with Crippen molar-refractivity contribution in [3.8, 4) is 11.5 Å². The summed E-state index contributed by atoms with van der Waals surface area (Å²) in [7, 11) is 1.27. The molecule has 0 fully saturated rings. The van der Waals surface area contributed by atoms with Crippen LogP contribution < -0.4 is 9.47 Å². The number of aliphatic carboxylic acids is 1. The van der Waals surface area contributed by atoms with Gasteiger partial charge < -0.3 is 19.5 Å². The van der Waals surface area contributed by atoms with Crippen LogP contribution >= 0.6 is 0 Å². The first kappa shape index (κ1) is 32.2. The fourth-order valence-corrected chi connectivity index (χ4v) is 4.44. The third-order valence-corrected chi connectivity index (χ3v) is 6.87. The van der Waals surface area contributed by atoms with Gasteiger partial charge in [0.15, 0.2) is 0 Å². The predicted octanol–water partition coefficient (Wildman–Crippen LogP) is 7.13. The second-order valence-electron chi connectivity index (χ2n) is 10.2. The van der Waals surface area contributed by atoms with Crippen LogP contribution in [0.2, 0.25) is 0 Å². The lowest BCUT2D eigenvalue weighted by Gasteiger charge is -2.26. The highest BCUT2D eigenvalue weighted by atomic mass is 19.3. The number of carboxylic acid groups (broad SMARTS) is 1. The van der Waals surface area contributed by atoms with E-state index in [9.17, 15) is 28.3 Å². The molecule has 0 saturated carbocycles. The van der Waals surface area contributed by atoms with Gasteiger partial charge in [-0.25, -0.2) is 18.4 Å². The molecule has 0 spiro atoms. The lowest BCUT2D eigenvalue weighted by atomic mass is 9.99. The topological polar surface area (TPSA) is 93.1 Å². The minimum atomic E-state index is -3.28. The third-order valence-electron chi connectivity index (χ3n) is 6.87. The average molecular weight is 582 g/mol. The molecule has 3 rings (SSSR count). The van der Waals surface area contributed by atoms with E-state index in [-0.39, 0.29) is 17.7 Å². The number of rotatable bonds is 15. The molecule has 1 N–H and O–H groups in total. The molecule has 0 radical (unpaired) electrons. The molecular formula is C33H37F2NO6. The van der Waals surface area contributed by atoms with E-state index in [4.69, 9.17) is 9.47 Å². The van der Waals surface area contributed by atoms with Crippen molar-refractivity contribution in [1.82, 2.24) is 4.90 Å². The molecule has 1 atom stereocenters. The molecule has 3 aromatic rings. The van der Waals surface area contributed by atoms with Gasteiger partial charge in [-0.1, -0.05) is 62.9 Å². The van der Waals surface area contributed by atoms with E-state index in [1.165, 1.54) is 56.6 Å². The van der Waals surface area contributed by atoms with Crippen molar-refractivity contribution < 1.29 is 37.7 Å². The minimum absolute atomic E-state index is 0.0868. The SMILES string of the molecule is CCCCCCCOc1ccc(C(=O)Oc2ccc(C[C@@H](C(=O)O)N(C)C(=O)c3ccccc3C(C)(F)F)cc2)cc1. The van der Waals surface area contributed by atoms with Crippen LogP contribution in [0.1, 0.15) is 77.8 Å². The molecule has 0 saturated heterocycles. The molecule has 0 unspecified atom stereocenters. The zero-order valence-corrected chi connectivity index (χ0v) is 24.1. The Balaban J connectivity index is 1.59. The minimum Gasteiger partial charge on any atom is -0.494 e. The monoisotopic (exact) mass is 581 g/mol. The van der Waals surface area contributed by atoms with Gasteiger partial charge in [-0.3, -0.25) is 4.79 Å². The van der Waals surface area contributed by atoms with E-state index >= 15 is 0 Å². The summed E-state index contributed by atoms with van der Waals surface area (Å²) in [5, 5.41) is 9.82. The van der Waals surface area contributed by atoms with Crippen LogP contribution in [0.5, 0.6) is 11.5 Å². The maximum atomic E-state index is 14.1. The van der Waals surface area contributed by atoms with Gasteiger partial charge in [0, 0.05) is 31.5 Å². The Morgan fingerprint density at radius 2 is 1.50 bits per heavy atom. The van der Waals surface area contributed by atoms with Crippen LogP contribution in [-0.2, 0) is 17.1 Å². The number of amides is 1. The number of hydrogen-bond acceptors (Lipinski definition) is 5. The molecule has 0 bridgehead atoms. The zero-order valence-electron chi connectivity index (χ0n) is 24.1. The maximum absolute atomic E-state index is 14.1. The van der Waals surface area contributed by atoms with Gasteiger partial charge in [0.25, 0.3) is 11.8 Å². The Bertz CT molecular complexity index is 1340.